The minimum Gasteiger partial charge on any atom is -0.396 e. The summed E-state index contributed by atoms with van der Waals surface area (Å²) in [6, 6.07) is 8.23. The van der Waals surface area contributed by atoms with E-state index in [1.807, 2.05) is 50.9 Å². The molecule has 0 radical (unpaired) electrons. The third-order valence-corrected chi connectivity index (χ3v) is 6.64. The first-order valence-electron chi connectivity index (χ1n) is 12.1. The lowest BCUT2D eigenvalue weighted by atomic mass is 9.68. The Labute approximate surface area is 203 Å². The number of aromatic nitrogens is 4. The summed E-state index contributed by atoms with van der Waals surface area (Å²) in [6.45, 7) is 6.69. The Morgan fingerprint density at radius 2 is 1.94 bits per heavy atom. The highest BCUT2D eigenvalue weighted by atomic mass is 16.3. The molecule has 1 aromatic carbocycles. The van der Waals surface area contributed by atoms with Crippen LogP contribution in [0.4, 0.5) is 0 Å². The van der Waals surface area contributed by atoms with Crippen molar-refractivity contribution in [3.8, 4) is 22.5 Å². The molecule has 0 atom stereocenters. The number of hydrogen-bond donors (Lipinski definition) is 1. The van der Waals surface area contributed by atoms with Gasteiger partial charge in [0.2, 0.25) is 0 Å². The molecular weight excluding hydrogens is 422 g/mol. The fourth-order valence-corrected chi connectivity index (χ4v) is 4.19. The lowest BCUT2D eigenvalue weighted by Gasteiger charge is -2.39. The lowest BCUT2D eigenvalue weighted by molar-refractivity contribution is 0.0410. The standard InChI is InChI=1S/C21H23N5.C7H14O/c1-5-7-18(11-22-3)20-13-23-21(25-15(20)2)17-9-6-8-16(10-17)19-12-24-26(4)14-19;1-2-7(6-8)4-3-5-7/h6-14H,5H2,1-4H3;8H,2-6H2,1H3/b18-7+,22-11?;. The Kier molecular flexibility index (Phi) is 8.88. The van der Waals surface area contributed by atoms with Gasteiger partial charge in [-0.05, 0) is 55.2 Å². The van der Waals surface area contributed by atoms with Crippen LogP contribution in [0, 0.1) is 12.3 Å². The second kappa shape index (κ2) is 11.8. The largest absolute Gasteiger partial charge is 0.396 e. The van der Waals surface area contributed by atoms with Gasteiger partial charge >= 0.3 is 0 Å². The van der Waals surface area contributed by atoms with E-state index in [1.165, 1.54) is 19.3 Å². The number of nitrogens with zero attached hydrogens (tertiary/aromatic N) is 5. The van der Waals surface area contributed by atoms with Crippen molar-refractivity contribution in [3.63, 3.8) is 0 Å². The minimum absolute atomic E-state index is 0.361. The Morgan fingerprint density at radius 1 is 1.18 bits per heavy atom. The molecule has 6 heteroatoms. The smallest absolute Gasteiger partial charge is 0.159 e. The van der Waals surface area contributed by atoms with E-state index in [4.69, 9.17) is 10.1 Å². The quantitative estimate of drug-likeness (QED) is 0.446. The number of rotatable bonds is 7. The van der Waals surface area contributed by atoms with Gasteiger partial charge in [0, 0.05) is 61.7 Å². The molecule has 1 aliphatic carbocycles. The summed E-state index contributed by atoms with van der Waals surface area (Å²) < 4.78 is 1.80. The van der Waals surface area contributed by atoms with Crippen LogP contribution < -0.4 is 0 Å². The van der Waals surface area contributed by atoms with Gasteiger partial charge in [-0.2, -0.15) is 5.10 Å². The van der Waals surface area contributed by atoms with Crippen LogP contribution in [0.2, 0.25) is 0 Å². The molecule has 4 rings (SSSR count). The van der Waals surface area contributed by atoms with Crippen LogP contribution >= 0.6 is 0 Å². The molecule has 0 amide bonds. The van der Waals surface area contributed by atoms with Crippen molar-refractivity contribution < 1.29 is 5.11 Å². The molecule has 1 aliphatic rings. The Hall–Kier alpha value is -3.12. The molecule has 0 saturated heterocycles. The van der Waals surface area contributed by atoms with Gasteiger partial charge < -0.3 is 5.11 Å². The van der Waals surface area contributed by atoms with Gasteiger partial charge in [0.05, 0.1) is 6.20 Å². The molecule has 2 aromatic heterocycles. The number of hydrogen-bond acceptors (Lipinski definition) is 5. The fraction of sp³-hybridized carbons (Fsp3) is 0.429. The maximum Gasteiger partial charge on any atom is 0.159 e. The zero-order valence-corrected chi connectivity index (χ0v) is 21.1. The van der Waals surface area contributed by atoms with Gasteiger partial charge in [-0.15, -0.1) is 0 Å². The molecule has 0 bridgehead atoms. The van der Waals surface area contributed by atoms with Crippen molar-refractivity contribution in [3.05, 3.63) is 60.2 Å². The molecular formula is C28H37N5O. The van der Waals surface area contributed by atoms with E-state index in [2.05, 4.69) is 47.1 Å². The summed E-state index contributed by atoms with van der Waals surface area (Å²) >= 11 is 0. The highest BCUT2D eigenvalue weighted by molar-refractivity contribution is 6.10. The average Bonchev–Trinajstić information content (AvgIpc) is 3.26. The molecule has 1 saturated carbocycles. The molecule has 1 fully saturated rings. The Morgan fingerprint density at radius 3 is 2.44 bits per heavy atom. The molecule has 0 spiro atoms. The molecule has 3 aromatic rings. The van der Waals surface area contributed by atoms with Crippen molar-refractivity contribution in [2.45, 2.75) is 52.9 Å². The summed E-state index contributed by atoms with van der Waals surface area (Å²) in [5.74, 6) is 0.723. The van der Waals surface area contributed by atoms with E-state index >= 15 is 0 Å². The number of aliphatic hydroxyl groups is 1. The fourth-order valence-electron chi connectivity index (χ4n) is 4.19. The van der Waals surface area contributed by atoms with Crippen LogP contribution in [0.3, 0.4) is 0 Å². The molecule has 0 unspecified atom stereocenters. The van der Waals surface area contributed by atoms with Gasteiger partial charge in [0.25, 0.3) is 0 Å². The van der Waals surface area contributed by atoms with Gasteiger partial charge in [-0.3, -0.25) is 9.67 Å². The van der Waals surface area contributed by atoms with E-state index in [1.54, 1.807) is 11.7 Å². The van der Waals surface area contributed by atoms with Gasteiger partial charge in [-0.25, -0.2) is 9.97 Å². The first-order valence-corrected chi connectivity index (χ1v) is 12.1. The minimum atomic E-state index is 0.361. The van der Waals surface area contributed by atoms with Crippen molar-refractivity contribution in [2.75, 3.05) is 13.7 Å². The zero-order valence-electron chi connectivity index (χ0n) is 21.1. The molecule has 2 heterocycles. The summed E-state index contributed by atoms with van der Waals surface area (Å²) in [5.41, 5.74) is 6.56. The molecule has 6 nitrogen and oxygen atoms in total. The van der Waals surface area contributed by atoms with E-state index in [0.29, 0.717) is 12.0 Å². The van der Waals surface area contributed by atoms with Crippen LogP contribution in [0.1, 0.15) is 57.2 Å². The van der Waals surface area contributed by atoms with E-state index in [0.717, 1.165) is 52.2 Å². The first-order chi connectivity index (χ1) is 16.4. The van der Waals surface area contributed by atoms with Crippen LogP contribution in [0.25, 0.3) is 28.1 Å². The topological polar surface area (TPSA) is 76.2 Å². The third kappa shape index (κ3) is 6.06. The monoisotopic (exact) mass is 459 g/mol. The number of benzene rings is 1. The number of aryl methyl sites for hydroxylation is 2. The second-order valence-electron chi connectivity index (χ2n) is 9.00. The predicted octanol–water partition coefficient (Wildman–Crippen LogP) is 5.91. The van der Waals surface area contributed by atoms with Crippen LogP contribution in [-0.4, -0.2) is 44.7 Å². The highest BCUT2D eigenvalue weighted by Crippen LogP contribution is 2.42. The lowest BCUT2D eigenvalue weighted by Crippen LogP contribution is -2.32. The van der Waals surface area contributed by atoms with Crippen LogP contribution in [0.15, 0.2) is 53.9 Å². The van der Waals surface area contributed by atoms with Crippen molar-refractivity contribution >= 4 is 11.8 Å². The molecule has 180 valence electrons. The van der Waals surface area contributed by atoms with Crippen molar-refractivity contribution in [1.82, 2.24) is 19.7 Å². The molecule has 34 heavy (non-hydrogen) atoms. The van der Waals surface area contributed by atoms with Crippen LogP contribution in [0.5, 0.6) is 0 Å². The first kappa shape index (κ1) is 25.5. The summed E-state index contributed by atoms with van der Waals surface area (Å²) in [4.78, 5) is 13.5. The summed E-state index contributed by atoms with van der Waals surface area (Å²) in [7, 11) is 3.69. The Bertz CT molecular complexity index is 1130. The van der Waals surface area contributed by atoms with Gasteiger partial charge in [0.1, 0.15) is 0 Å². The number of allylic oxidation sites excluding steroid dienone is 2. The van der Waals surface area contributed by atoms with E-state index < -0.39 is 0 Å². The van der Waals surface area contributed by atoms with E-state index in [-0.39, 0.29) is 0 Å². The highest BCUT2D eigenvalue weighted by Gasteiger charge is 2.33. The van der Waals surface area contributed by atoms with E-state index in [9.17, 15) is 0 Å². The normalized spacial score (nSPS) is 15.1. The maximum atomic E-state index is 8.84. The number of aliphatic imine (C=N–C) groups is 1. The van der Waals surface area contributed by atoms with Crippen molar-refractivity contribution in [1.29, 1.82) is 0 Å². The summed E-state index contributed by atoms with van der Waals surface area (Å²) in [5, 5.41) is 13.1. The van der Waals surface area contributed by atoms with Gasteiger partial charge in [0.15, 0.2) is 5.82 Å². The average molecular weight is 460 g/mol. The van der Waals surface area contributed by atoms with Crippen LogP contribution in [-0.2, 0) is 7.05 Å². The Balaban J connectivity index is 0.000000343. The van der Waals surface area contributed by atoms with Crippen molar-refractivity contribution in [2.24, 2.45) is 17.5 Å². The van der Waals surface area contributed by atoms with Gasteiger partial charge in [-0.1, -0.05) is 44.5 Å². The number of aliphatic hydroxyl groups excluding tert-OH is 1. The third-order valence-electron chi connectivity index (χ3n) is 6.64. The second-order valence-corrected chi connectivity index (χ2v) is 9.00. The molecule has 0 aliphatic heterocycles. The zero-order chi connectivity index (χ0) is 24.6. The maximum absolute atomic E-state index is 8.84. The SMILES string of the molecule is CC/C=C(\C=NC)c1cnc(-c2cccc(-c3cnn(C)c3)c2)nc1C.CCC1(CO)CCC1. The predicted molar refractivity (Wildman–Crippen MR) is 141 cm³/mol. The summed E-state index contributed by atoms with van der Waals surface area (Å²) in [6.07, 6.45) is 15.7. The molecule has 1 N–H and O–H groups in total.